The summed E-state index contributed by atoms with van der Waals surface area (Å²) in [5, 5.41) is 0. The highest BCUT2D eigenvalue weighted by atomic mass is 14.7. The fraction of sp³-hybridized carbons (Fsp3) is 0.0417. The van der Waals surface area contributed by atoms with Gasteiger partial charge in [0.05, 0.1) is 5.69 Å². The Morgan fingerprint density at radius 2 is 1.20 bits per heavy atom. The standard InChI is InChI=1S/C24H19N/c1-18-14-15-25-24(16-18)21-12-13-22(19-8-4-2-5-9-19)23(17-21)20-10-6-3-7-11-20/h2-17H,1H3. The first-order valence-electron chi connectivity index (χ1n) is 8.49. The van der Waals surface area contributed by atoms with Crippen LogP contribution in [0.4, 0.5) is 0 Å². The fourth-order valence-electron chi connectivity index (χ4n) is 3.12. The van der Waals surface area contributed by atoms with Crippen LogP contribution in [0.3, 0.4) is 0 Å². The molecular weight excluding hydrogens is 302 g/mol. The van der Waals surface area contributed by atoms with Gasteiger partial charge in [-0.2, -0.15) is 0 Å². The minimum atomic E-state index is 1.01. The van der Waals surface area contributed by atoms with Crippen molar-refractivity contribution in [3.8, 4) is 33.5 Å². The second kappa shape index (κ2) is 6.74. The predicted octanol–water partition coefficient (Wildman–Crippen LogP) is 6.39. The molecule has 1 heteroatoms. The van der Waals surface area contributed by atoms with Gasteiger partial charge >= 0.3 is 0 Å². The lowest BCUT2D eigenvalue weighted by atomic mass is 9.92. The first kappa shape index (κ1) is 15.3. The second-order valence-corrected chi connectivity index (χ2v) is 6.21. The summed E-state index contributed by atoms with van der Waals surface area (Å²) in [6, 6.07) is 31.9. The van der Waals surface area contributed by atoms with Gasteiger partial charge in [-0.25, -0.2) is 0 Å². The molecule has 0 aliphatic heterocycles. The van der Waals surface area contributed by atoms with Crippen LogP contribution in [-0.4, -0.2) is 4.98 Å². The van der Waals surface area contributed by atoms with Crippen LogP contribution in [0, 0.1) is 6.92 Å². The van der Waals surface area contributed by atoms with Crippen LogP contribution < -0.4 is 0 Å². The number of hydrogen-bond donors (Lipinski definition) is 0. The lowest BCUT2D eigenvalue weighted by Gasteiger charge is -2.13. The van der Waals surface area contributed by atoms with E-state index in [0.717, 1.165) is 11.3 Å². The molecule has 1 aromatic heterocycles. The van der Waals surface area contributed by atoms with E-state index in [1.54, 1.807) is 0 Å². The molecule has 25 heavy (non-hydrogen) atoms. The third kappa shape index (κ3) is 3.22. The van der Waals surface area contributed by atoms with Crippen LogP contribution in [0.25, 0.3) is 33.5 Å². The zero-order chi connectivity index (χ0) is 17.1. The highest BCUT2D eigenvalue weighted by Crippen LogP contribution is 2.35. The maximum atomic E-state index is 4.55. The lowest BCUT2D eigenvalue weighted by molar-refractivity contribution is 1.29. The zero-order valence-corrected chi connectivity index (χ0v) is 14.2. The van der Waals surface area contributed by atoms with Gasteiger partial charge < -0.3 is 0 Å². The third-order valence-corrected chi connectivity index (χ3v) is 4.40. The Morgan fingerprint density at radius 1 is 0.560 bits per heavy atom. The Bertz CT molecular complexity index is 989. The summed E-state index contributed by atoms with van der Waals surface area (Å²) in [7, 11) is 0. The number of benzene rings is 3. The molecule has 0 radical (unpaired) electrons. The Labute approximate surface area is 148 Å². The molecule has 0 amide bonds. The third-order valence-electron chi connectivity index (χ3n) is 4.40. The van der Waals surface area contributed by atoms with Crippen molar-refractivity contribution < 1.29 is 0 Å². The molecule has 0 fully saturated rings. The van der Waals surface area contributed by atoms with Crippen LogP contribution in [0.15, 0.2) is 97.2 Å². The smallest absolute Gasteiger partial charge is 0.0704 e. The van der Waals surface area contributed by atoms with E-state index >= 15 is 0 Å². The summed E-state index contributed by atoms with van der Waals surface area (Å²) in [4.78, 5) is 4.55. The van der Waals surface area contributed by atoms with Crippen LogP contribution >= 0.6 is 0 Å². The summed E-state index contributed by atoms with van der Waals surface area (Å²) in [6.45, 7) is 2.10. The number of hydrogen-bond acceptors (Lipinski definition) is 1. The normalized spacial score (nSPS) is 10.6. The molecule has 4 aromatic rings. The molecule has 1 heterocycles. The Balaban J connectivity index is 1.92. The van der Waals surface area contributed by atoms with Crippen molar-refractivity contribution in [1.29, 1.82) is 0 Å². The molecule has 0 saturated carbocycles. The number of aromatic nitrogens is 1. The minimum absolute atomic E-state index is 1.01. The molecular formula is C24H19N. The average Bonchev–Trinajstić information content (AvgIpc) is 2.69. The van der Waals surface area contributed by atoms with Crippen molar-refractivity contribution in [3.63, 3.8) is 0 Å². The SMILES string of the molecule is Cc1ccnc(-c2ccc(-c3ccccc3)c(-c3ccccc3)c2)c1. The number of rotatable bonds is 3. The largest absolute Gasteiger partial charge is 0.256 e. The maximum Gasteiger partial charge on any atom is 0.0704 e. The van der Waals surface area contributed by atoms with Gasteiger partial charge in [-0.05, 0) is 52.9 Å². The Hall–Kier alpha value is -3.19. The monoisotopic (exact) mass is 321 g/mol. The molecule has 0 N–H and O–H groups in total. The van der Waals surface area contributed by atoms with Gasteiger partial charge in [-0.15, -0.1) is 0 Å². The molecule has 0 bridgehead atoms. The predicted molar refractivity (Wildman–Crippen MR) is 105 cm³/mol. The van der Waals surface area contributed by atoms with Gasteiger partial charge in [0.1, 0.15) is 0 Å². The van der Waals surface area contributed by atoms with E-state index in [2.05, 4.69) is 96.8 Å². The molecule has 120 valence electrons. The van der Waals surface area contributed by atoms with E-state index in [1.807, 2.05) is 12.3 Å². The molecule has 0 aliphatic carbocycles. The summed E-state index contributed by atoms with van der Waals surface area (Å²) in [6.07, 6.45) is 1.87. The molecule has 3 aromatic carbocycles. The lowest BCUT2D eigenvalue weighted by Crippen LogP contribution is -1.89. The van der Waals surface area contributed by atoms with E-state index in [9.17, 15) is 0 Å². The summed E-state index contributed by atoms with van der Waals surface area (Å²) in [5.41, 5.74) is 8.29. The van der Waals surface area contributed by atoms with Gasteiger partial charge in [0.15, 0.2) is 0 Å². The van der Waals surface area contributed by atoms with Crippen LogP contribution in [0.1, 0.15) is 5.56 Å². The van der Waals surface area contributed by atoms with Gasteiger partial charge in [-0.3, -0.25) is 4.98 Å². The van der Waals surface area contributed by atoms with Crippen molar-refractivity contribution in [2.75, 3.05) is 0 Å². The molecule has 0 saturated heterocycles. The first-order valence-corrected chi connectivity index (χ1v) is 8.49. The van der Waals surface area contributed by atoms with Gasteiger partial charge in [0, 0.05) is 11.8 Å². The van der Waals surface area contributed by atoms with Crippen molar-refractivity contribution >= 4 is 0 Å². The first-order chi connectivity index (χ1) is 12.3. The average molecular weight is 321 g/mol. The molecule has 0 unspecified atom stereocenters. The molecule has 1 nitrogen and oxygen atoms in total. The van der Waals surface area contributed by atoms with Crippen molar-refractivity contribution in [2.24, 2.45) is 0 Å². The Morgan fingerprint density at radius 3 is 1.84 bits per heavy atom. The van der Waals surface area contributed by atoms with Crippen LogP contribution in [0.2, 0.25) is 0 Å². The number of nitrogens with zero attached hydrogens (tertiary/aromatic N) is 1. The minimum Gasteiger partial charge on any atom is -0.256 e. The maximum absolute atomic E-state index is 4.55. The van der Waals surface area contributed by atoms with E-state index in [-0.39, 0.29) is 0 Å². The van der Waals surface area contributed by atoms with Crippen molar-refractivity contribution in [2.45, 2.75) is 6.92 Å². The summed E-state index contributed by atoms with van der Waals surface area (Å²) in [5.74, 6) is 0. The van der Waals surface area contributed by atoms with E-state index in [4.69, 9.17) is 0 Å². The number of aryl methyl sites for hydroxylation is 1. The van der Waals surface area contributed by atoms with E-state index < -0.39 is 0 Å². The second-order valence-electron chi connectivity index (χ2n) is 6.21. The molecule has 0 spiro atoms. The van der Waals surface area contributed by atoms with Crippen LogP contribution in [-0.2, 0) is 0 Å². The highest BCUT2D eigenvalue weighted by molar-refractivity contribution is 5.86. The number of pyridine rings is 1. The molecule has 4 rings (SSSR count). The summed E-state index contributed by atoms with van der Waals surface area (Å²) >= 11 is 0. The Kier molecular flexibility index (Phi) is 4.14. The quantitative estimate of drug-likeness (QED) is 0.426. The summed E-state index contributed by atoms with van der Waals surface area (Å²) < 4.78 is 0. The van der Waals surface area contributed by atoms with Gasteiger partial charge in [0.2, 0.25) is 0 Å². The molecule has 0 aliphatic rings. The highest BCUT2D eigenvalue weighted by Gasteiger charge is 2.10. The van der Waals surface area contributed by atoms with Crippen molar-refractivity contribution in [3.05, 3.63) is 103 Å². The van der Waals surface area contributed by atoms with Crippen LogP contribution in [0.5, 0.6) is 0 Å². The van der Waals surface area contributed by atoms with Crippen molar-refractivity contribution in [1.82, 2.24) is 4.98 Å². The van der Waals surface area contributed by atoms with E-state index in [1.165, 1.54) is 27.8 Å². The molecule has 0 atom stereocenters. The van der Waals surface area contributed by atoms with E-state index in [0.29, 0.717) is 0 Å². The fourth-order valence-corrected chi connectivity index (χ4v) is 3.12. The van der Waals surface area contributed by atoms with Gasteiger partial charge in [0.25, 0.3) is 0 Å². The van der Waals surface area contributed by atoms with Gasteiger partial charge in [-0.1, -0.05) is 72.8 Å². The zero-order valence-electron chi connectivity index (χ0n) is 14.2. The topological polar surface area (TPSA) is 12.9 Å².